The number of benzene rings is 5. The van der Waals surface area contributed by atoms with E-state index >= 15 is 0 Å². The van der Waals surface area contributed by atoms with E-state index in [0.717, 1.165) is 21.9 Å². The van der Waals surface area contributed by atoms with Crippen molar-refractivity contribution in [3.05, 3.63) is 110 Å². The normalized spacial score (nSPS) is 18.6. The molecule has 0 spiro atoms. The van der Waals surface area contributed by atoms with E-state index in [4.69, 9.17) is 15.1 Å². The molecule has 0 aliphatic heterocycles. The summed E-state index contributed by atoms with van der Waals surface area (Å²) in [6.45, 7) is 11.9. The highest BCUT2D eigenvalue weighted by atomic mass is 31.2. The minimum atomic E-state index is -1.80. The second-order valence-electron chi connectivity index (χ2n) is 11.7. The van der Waals surface area contributed by atoms with Crippen LogP contribution in [0.5, 0.6) is 0 Å². The molecule has 1 aromatic heterocycles. The average molecular weight is 577 g/mol. The van der Waals surface area contributed by atoms with Crippen LogP contribution in [0.3, 0.4) is 0 Å². The van der Waals surface area contributed by atoms with Crippen molar-refractivity contribution in [2.45, 2.75) is 37.9 Å². The van der Waals surface area contributed by atoms with Gasteiger partial charge in [0.15, 0.2) is 6.66 Å². The zero-order valence-corrected chi connectivity index (χ0v) is 25.7. The first kappa shape index (κ1) is 26.8. The Morgan fingerprint density at radius 3 is 1.88 bits per heavy atom. The van der Waals surface area contributed by atoms with Gasteiger partial charge in [0, 0.05) is 29.8 Å². The topological polar surface area (TPSA) is 29.5 Å². The Kier molecular flexibility index (Phi) is 6.95. The summed E-state index contributed by atoms with van der Waals surface area (Å²) in [6.07, 6.45) is 3.58. The van der Waals surface area contributed by atoms with Gasteiger partial charge in [-0.2, -0.15) is 0 Å². The summed E-state index contributed by atoms with van der Waals surface area (Å²) in [7, 11) is -1.03. The van der Waals surface area contributed by atoms with Gasteiger partial charge in [-0.3, -0.25) is 0 Å². The quantitative estimate of drug-likeness (QED) is 0.191. The monoisotopic (exact) mass is 576 g/mol. The predicted octanol–water partition coefficient (Wildman–Crippen LogP) is 10.4. The molecule has 0 amide bonds. The molecular formula is C36H36NO2P2+. The molecule has 1 saturated carbocycles. The van der Waals surface area contributed by atoms with Gasteiger partial charge in [0.2, 0.25) is 0 Å². The second-order valence-corrected chi connectivity index (χ2v) is 16.6. The van der Waals surface area contributed by atoms with Crippen molar-refractivity contribution in [2.24, 2.45) is 5.92 Å². The first-order valence-corrected chi connectivity index (χ1v) is 18.1. The van der Waals surface area contributed by atoms with Crippen molar-refractivity contribution in [1.29, 1.82) is 0 Å². The highest BCUT2D eigenvalue weighted by molar-refractivity contribution is 7.84. The van der Waals surface area contributed by atoms with Crippen molar-refractivity contribution < 1.29 is 8.39 Å². The number of fused-ring (bicyclic) bond motifs is 7. The Balaban J connectivity index is 1.39. The van der Waals surface area contributed by atoms with E-state index in [1.54, 1.807) is 0 Å². The van der Waals surface area contributed by atoms with Crippen molar-refractivity contribution in [3.8, 4) is 0 Å². The van der Waals surface area contributed by atoms with Crippen LogP contribution >= 0.6 is 15.4 Å². The molecule has 3 nitrogen and oxygen atoms in total. The Bertz CT molecular complexity index is 1820. The van der Waals surface area contributed by atoms with Gasteiger partial charge in [0.05, 0.1) is 24.9 Å². The third kappa shape index (κ3) is 4.60. The molecule has 206 valence electrons. The summed E-state index contributed by atoms with van der Waals surface area (Å²) >= 11 is 0. The molecule has 1 aliphatic carbocycles. The first-order valence-electron chi connectivity index (χ1n) is 14.6. The molecule has 2 radical (unpaired) electrons. The Morgan fingerprint density at radius 1 is 0.756 bits per heavy atom. The third-order valence-electron chi connectivity index (χ3n) is 9.38. The predicted molar refractivity (Wildman–Crippen MR) is 179 cm³/mol. The van der Waals surface area contributed by atoms with Crippen LogP contribution in [0.1, 0.15) is 26.2 Å². The summed E-state index contributed by atoms with van der Waals surface area (Å²) in [5.74, 6) is 0.480. The zero-order valence-electron chi connectivity index (χ0n) is 23.9. The molecule has 5 heteroatoms. The van der Waals surface area contributed by atoms with Gasteiger partial charge >= 0.3 is 8.16 Å². The smallest absolute Gasteiger partial charge is 0.309 e. The van der Waals surface area contributed by atoms with Crippen molar-refractivity contribution >= 4 is 64.2 Å². The summed E-state index contributed by atoms with van der Waals surface area (Å²) in [5, 5.41) is 8.31. The van der Waals surface area contributed by atoms with Gasteiger partial charge in [-0.1, -0.05) is 78.9 Å². The van der Waals surface area contributed by atoms with Crippen LogP contribution in [0.4, 0.5) is 0 Å². The highest BCUT2D eigenvalue weighted by Crippen LogP contribution is 2.64. The summed E-state index contributed by atoms with van der Waals surface area (Å²) in [4.78, 5) is 0. The van der Waals surface area contributed by atoms with Crippen molar-refractivity contribution in [1.82, 2.24) is 0 Å². The molecule has 6 aromatic rings. The summed E-state index contributed by atoms with van der Waals surface area (Å²) in [5.41, 5.74) is 2.25. The molecule has 7 rings (SSSR count). The van der Waals surface area contributed by atoms with Gasteiger partial charge in [-0.25, -0.2) is 4.67 Å². The zero-order chi connectivity index (χ0) is 28.1. The lowest BCUT2D eigenvalue weighted by Crippen LogP contribution is -2.39. The van der Waals surface area contributed by atoms with E-state index in [-0.39, 0.29) is 6.04 Å². The lowest BCUT2D eigenvalue weighted by molar-refractivity contribution is 0.449. The number of rotatable bonds is 5. The Morgan fingerprint density at radius 2 is 1.29 bits per heavy atom. The highest BCUT2D eigenvalue weighted by Gasteiger charge is 2.49. The molecule has 5 aromatic carbocycles. The van der Waals surface area contributed by atoms with E-state index in [2.05, 4.69) is 128 Å². The van der Waals surface area contributed by atoms with Gasteiger partial charge in [0.25, 0.3) is 0 Å². The Labute approximate surface area is 244 Å². The summed E-state index contributed by atoms with van der Waals surface area (Å²) in [6, 6.07) is 36.7. The van der Waals surface area contributed by atoms with Gasteiger partial charge in [-0.05, 0) is 72.0 Å². The minimum Gasteiger partial charge on any atom is -0.408 e. The van der Waals surface area contributed by atoms with E-state index in [1.165, 1.54) is 46.1 Å². The van der Waals surface area contributed by atoms with Gasteiger partial charge in [0.1, 0.15) is 11.2 Å². The van der Waals surface area contributed by atoms with Crippen molar-refractivity contribution in [2.75, 3.05) is 18.4 Å². The van der Waals surface area contributed by atoms with Crippen LogP contribution in [0.2, 0.25) is 0 Å². The van der Waals surface area contributed by atoms with Crippen LogP contribution in [0.15, 0.2) is 112 Å². The molecule has 0 N–H and O–H groups in total. The fraction of sp³-hybridized carbons (Fsp3) is 0.250. The maximum absolute atomic E-state index is 7.24. The van der Waals surface area contributed by atoms with E-state index in [1.807, 2.05) is 0 Å². The average Bonchev–Trinajstić information content (AvgIpc) is 3.45. The van der Waals surface area contributed by atoms with Crippen LogP contribution in [-0.4, -0.2) is 25.4 Å². The molecule has 0 bridgehead atoms. The molecule has 1 aliphatic rings. The lowest BCUT2D eigenvalue weighted by Gasteiger charge is -2.34. The lowest BCUT2D eigenvalue weighted by atomic mass is 9.99. The molecule has 4 atom stereocenters. The molecular weight excluding hydrogens is 540 g/mol. The van der Waals surface area contributed by atoms with Crippen LogP contribution in [-0.2, 0) is 0 Å². The first-order chi connectivity index (χ1) is 19.9. The molecule has 0 saturated heterocycles. The van der Waals surface area contributed by atoms with E-state index < -0.39 is 15.4 Å². The molecule has 1 heterocycles. The summed E-state index contributed by atoms with van der Waals surface area (Å²) < 4.78 is 16.1. The molecule has 41 heavy (non-hydrogen) atoms. The maximum atomic E-state index is 7.24. The molecule has 3 unspecified atom stereocenters. The van der Waals surface area contributed by atoms with Crippen LogP contribution in [0.25, 0.3) is 43.5 Å². The number of hydrogen-bond acceptors (Lipinski definition) is 3. The SMILES string of the molecule is [CH][P+](C)(c1ccccc1)C1CCCC1[C@@H](C)N(C)p1oc2ccc3ccccc3c2c2c(ccc3ccccc32)o1. The van der Waals surface area contributed by atoms with E-state index in [9.17, 15) is 0 Å². The number of nitrogens with zero attached hydrogens (tertiary/aromatic N) is 1. The number of hydrogen-bond donors (Lipinski definition) is 0. The fourth-order valence-electron chi connectivity index (χ4n) is 7.05. The maximum Gasteiger partial charge on any atom is 0.309 e. The van der Waals surface area contributed by atoms with Gasteiger partial charge in [-0.15, -0.1) is 0 Å². The van der Waals surface area contributed by atoms with Crippen molar-refractivity contribution in [3.63, 3.8) is 0 Å². The van der Waals surface area contributed by atoms with Gasteiger partial charge < -0.3 is 8.39 Å². The molecule has 1 fully saturated rings. The Hall–Kier alpha value is -3.09. The minimum absolute atomic E-state index is 0.256. The standard InChI is InChI=1S/C36H36NO2P2/c1-25(29-19-12-20-34(29)41(3,4)28-15-6-5-7-16-28)37(2)40-38-32-23-21-26-13-8-10-17-30(26)35(32)36-31-18-11-9-14-27(31)22-24-33(36)39-40/h3,5-11,13-18,21-25,29,34H,12,19-20H2,1-2,4H3/q+1/t25-,29?,34?,41?/m1/s1. The second kappa shape index (κ2) is 10.6. The third-order valence-corrected chi connectivity index (χ3v) is 14.4. The van der Waals surface area contributed by atoms with E-state index in [0.29, 0.717) is 11.6 Å². The van der Waals surface area contributed by atoms with Crippen LogP contribution in [0, 0.1) is 12.6 Å². The fourth-order valence-corrected chi connectivity index (χ4v) is 11.6. The largest absolute Gasteiger partial charge is 0.408 e. The van der Waals surface area contributed by atoms with Crippen LogP contribution < -0.4 is 9.97 Å².